The molecule has 25 heavy (non-hydrogen) atoms. The van der Waals surface area contributed by atoms with Crippen molar-refractivity contribution in [3.63, 3.8) is 0 Å². The number of halogens is 1. The molecule has 0 aliphatic heterocycles. The second kappa shape index (κ2) is 6.11. The first-order valence-electron chi connectivity index (χ1n) is 7.70. The summed E-state index contributed by atoms with van der Waals surface area (Å²) in [6.07, 6.45) is 6.62. The Labute approximate surface area is 148 Å². The molecule has 1 aromatic carbocycles. The van der Waals surface area contributed by atoms with Gasteiger partial charge in [0.05, 0.1) is 16.8 Å². The number of benzene rings is 1. The molecule has 122 valence electrons. The standard InChI is InChI=1S/C19H13ClN4O/c1-12-16(20)6-5-14-15(19(25)24-9-3-8-22-24)10-17(23-18(12)14)13-4-2-7-21-11-13/h2-11H,1H3. The maximum Gasteiger partial charge on any atom is 0.278 e. The topological polar surface area (TPSA) is 60.7 Å². The lowest BCUT2D eigenvalue weighted by Crippen LogP contribution is -2.13. The predicted octanol–water partition coefficient (Wildman–Crippen LogP) is 4.14. The third kappa shape index (κ3) is 2.68. The second-order valence-electron chi connectivity index (χ2n) is 5.62. The summed E-state index contributed by atoms with van der Waals surface area (Å²) in [6.45, 7) is 1.90. The number of aromatic nitrogens is 4. The van der Waals surface area contributed by atoms with Gasteiger partial charge in [0.25, 0.3) is 5.91 Å². The van der Waals surface area contributed by atoms with Crippen LogP contribution in [0, 0.1) is 6.92 Å². The lowest BCUT2D eigenvalue weighted by molar-refractivity contribution is 0.0946. The minimum Gasteiger partial charge on any atom is -0.267 e. The number of rotatable bonds is 2. The maximum atomic E-state index is 12.9. The molecule has 0 N–H and O–H groups in total. The SMILES string of the molecule is Cc1c(Cl)ccc2c(C(=O)n3cccn3)cc(-c3cccnc3)nc12. The molecule has 0 saturated heterocycles. The zero-order valence-corrected chi connectivity index (χ0v) is 14.1. The lowest BCUT2D eigenvalue weighted by atomic mass is 10.0. The summed E-state index contributed by atoms with van der Waals surface area (Å²) in [6, 6.07) is 10.8. The Morgan fingerprint density at radius 2 is 2.04 bits per heavy atom. The first kappa shape index (κ1) is 15.5. The average Bonchev–Trinajstić information content (AvgIpc) is 3.19. The molecule has 4 rings (SSSR count). The Kier molecular flexibility index (Phi) is 3.78. The summed E-state index contributed by atoms with van der Waals surface area (Å²) in [5.41, 5.74) is 3.55. The molecule has 0 saturated carbocycles. The minimum absolute atomic E-state index is 0.218. The third-order valence-electron chi connectivity index (χ3n) is 4.07. The van der Waals surface area contributed by atoms with Crippen LogP contribution in [0.3, 0.4) is 0 Å². The number of aryl methyl sites for hydroxylation is 1. The summed E-state index contributed by atoms with van der Waals surface area (Å²) in [4.78, 5) is 21.8. The highest BCUT2D eigenvalue weighted by Gasteiger charge is 2.17. The molecule has 0 fully saturated rings. The van der Waals surface area contributed by atoms with E-state index in [0.717, 1.165) is 16.5 Å². The molecule has 6 heteroatoms. The van der Waals surface area contributed by atoms with Gasteiger partial charge in [-0.2, -0.15) is 5.10 Å². The van der Waals surface area contributed by atoms with Gasteiger partial charge in [0.2, 0.25) is 0 Å². The van der Waals surface area contributed by atoms with Crippen molar-refractivity contribution in [3.8, 4) is 11.3 Å². The normalized spacial score (nSPS) is 11.0. The van der Waals surface area contributed by atoms with Gasteiger partial charge in [-0.3, -0.25) is 9.78 Å². The molecule has 4 aromatic rings. The van der Waals surface area contributed by atoms with Gasteiger partial charge in [0, 0.05) is 40.8 Å². The zero-order valence-electron chi connectivity index (χ0n) is 13.3. The molecule has 3 aromatic heterocycles. The highest BCUT2D eigenvalue weighted by molar-refractivity contribution is 6.32. The fourth-order valence-corrected chi connectivity index (χ4v) is 2.91. The first-order chi connectivity index (χ1) is 12.1. The van der Waals surface area contributed by atoms with E-state index in [2.05, 4.69) is 10.1 Å². The van der Waals surface area contributed by atoms with Crippen molar-refractivity contribution >= 4 is 28.4 Å². The van der Waals surface area contributed by atoms with Crippen LogP contribution in [0.4, 0.5) is 0 Å². The molecule has 0 bridgehead atoms. The highest BCUT2D eigenvalue weighted by Crippen LogP contribution is 2.30. The van der Waals surface area contributed by atoms with E-state index in [1.807, 2.05) is 25.1 Å². The highest BCUT2D eigenvalue weighted by atomic mass is 35.5. The molecule has 0 radical (unpaired) electrons. The quantitative estimate of drug-likeness (QED) is 0.546. The molecule has 0 aliphatic rings. The largest absolute Gasteiger partial charge is 0.278 e. The Hall–Kier alpha value is -3.05. The Morgan fingerprint density at radius 1 is 1.16 bits per heavy atom. The zero-order chi connectivity index (χ0) is 17.4. The van der Waals surface area contributed by atoms with E-state index in [0.29, 0.717) is 21.8 Å². The summed E-state index contributed by atoms with van der Waals surface area (Å²) in [7, 11) is 0. The van der Waals surface area contributed by atoms with Crippen molar-refractivity contribution < 1.29 is 4.79 Å². The Bertz CT molecular complexity index is 1080. The van der Waals surface area contributed by atoms with Crippen LogP contribution in [-0.2, 0) is 0 Å². The van der Waals surface area contributed by atoms with Gasteiger partial charge >= 0.3 is 0 Å². The number of fused-ring (bicyclic) bond motifs is 1. The van der Waals surface area contributed by atoms with Crippen molar-refractivity contribution in [2.24, 2.45) is 0 Å². The molecule has 0 atom stereocenters. The Morgan fingerprint density at radius 3 is 2.76 bits per heavy atom. The van der Waals surface area contributed by atoms with Crippen molar-refractivity contribution in [2.75, 3.05) is 0 Å². The van der Waals surface area contributed by atoms with E-state index in [4.69, 9.17) is 16.6 Å². The Balaban J connectivity index is 2.03. The summed E-state index contributed by atoms with van der Waals surface area (Å²) in [5, 5.41) is 5.41. The molecule has 3 heterocycles. The molecule has 0 amide bonds. The van der Waals surface area contributed by atoms with E-state index in [-0.39, 0.29) is 5.91 Å². The molecular formula is C19H13ClN4O. The fourth-order valence-electron chi connectivity index (χ4n) is 2.76. The van der Waals surface area contributed by atoms with Gasteiger partial charge in [-0.05, 0) is 42.8 Å². The molecular weight excluding hydrogens is 336 g/mol. The third-order valence-corrected chi connectivity index (χ3v) is 4.48. The molecule has 0 unspecified atom stereocenters. The molecule has 0 aliphatic carbocycles. The first-order valence-corrected chi connectivity index (χ1v) is 8.07. The van der Waals surface area contributed by atoms with Crippen LogP contribution < -0.4 is 0 Å². The van der Waals surface area contributed by atoms with E-state index >= 15 is 0 Å². The minimum atomic E-state index is -0.218. The van der Waals surface area contributed by atoms with Gasteiger partial charge in [-0.1, -0.05) is 17.7 Å². The number of carbonyl (C=O) groups is 1. The van der Waals surface area contributed by atoms with Crippen LogP contribution in [0.25, 0.3) is 22.2 Å². The van der Waals surface area contributed by atoms with Crippen LogP contribution >= 0.6 is 11.6 Å². The van der Waals surface area contributed by atoms with Gasteiger partial charge in [0.15, 0.2) is 0 Å². The number of hydrogen-bond donors (Lipinski definition) is 0. The van der Waals surface area contributed by atoms with E-state index in [1.54, 1.807) is 43.0 Å². The van der Waals surface area contributed by atoms with Crippen LogP contribution in [0.15, 0.2) is 61.2 Å². The van der Waals surface area contributed by atoms with Crippen LogP contribution in [0.5, 0.6) is 0 Å². The van der Waals surface area contributed by atoms with Crippen LogP contribution in [-0.4, -0.2) is 25.7 Å². The van der Waals surface area contributed by atoms with Crippen molar-refractivity contribution in [1.82, 2.24) is 19.7 Å². The van der Waals surface area contributed by atoms with E-state index in [1.165, 1.54) is 4.68 Å². The lowest BCUT2D eigenvalue weighted by Gasteiger charge is -2.11. The number of pyridine rings is 2. The van der Waals surface area contributed by atoms with Gasteiger partial charge < -0.3 is 0 Å². The van der Waals surface area contributed by atoms with Crippen LogP contribution in [0.2, 0.25) is 5.02 Å². The van der Waals surface area contributed by atoms with E-state index in [9.17, 15) is 4.79 Å². The van der Waals surface area contributed by atoms with Gasteiger partial charge in [-0.15, -0.1) is 0 Å². The smallest absolute Gasteiger partial charge is 0.267 e. The molecule has 0 spiro atoms. The molecule has 5 nitrogen and oxygen atoms in total. The fraction of sp³-hybridized carbons (Fsp3) is 0.0526. The van der Waals surface area contributed by atoms with Gasteiger partial charge in [0.1, 0.15) is 0 Å². The second-order valence-corrected chi connectivity index (χ2v) is 6.03. The monoisotopic (exact) mass is 348 g/mol. The van der Waals surface area contributed by atoms with Gasteiger partial charge in [-0.25, -0.2) is 9.67 Å². The number of carbonyl (C=O) groups excluding carboxylic acids is 1. The summed E-state index contributed by atoms with van der Waals surface area (Å²) < 4.78 is 1.31. The average molecular weight is 349 g/mol. The van der Waals surface area contributed by atoms with Crippen LogP contribution in [0.1, 0.15) is 15.9 Å². The maximum absolute atomic E-state index is 12.9. The summed E-state index contributed by atoms with van der Waals surface area (Å²) in [5.74, 6) is -0.218. The number of nitrogens with zero attached hydrogens (tertiary/aromatic N) is 4. The van der Waals surface area contributed by atoms with Crippen molar-refractivity contribution in [3.05, 3.63) is 77.3 Å². The number of hydrogen-bond acceptors (Lipinski definition) is 4. The summed E-state index contributed by atoms with van der Waals surface area (Å²) >= 11 is 6.26. The van der Waals surface area contributed by atoms with E-state index < -0.39 is 0 Å². The predicted molar refractivity (Wildman–Crippen MR) is 96.7 cm³/mol. The van der Waals surface area contributed by atoms with Crippen molar-refractivity contribution in [2.45, 2.75) is 6.92 Å². The van der Waals surface area contributed by atoms with Crippen molar-refractivity contribution in [1.29, 1.82) is 0 Å².